The third-order valence-corrected chi connectivity index (χ3v) is 14.3. The first-order chi connectivity index (χ1) is 22.4. The Hall–Kier alpha value is -3.22. The van der Waals surface area contributed by atoms with Crippen LogP contribution < -0.4 is 10.4 Å². The van der Waals surface area contributed by atoms with Crippen molar-refractivity contribution in [1.82, 2.24) is 4.90 Å². The molecule has 0 N–H and O–H groups in total. The molecule has 3 aromatic rings. The summed E-state index contributed by atoms with van der Waals surface area (Å²) in [7, 11) is -2.76. The maximum atomic E-state index is 14.1. The molecule has 0 radical (unpaired) electrons. The average molecular weight is 656 g/mol. The number of hydrogen-bond donors (Lipinski definition) is 0. The van der Waals surface area contributed by atoms with Crippen LogP contribution in [0.5, 0.6) is 0 Å². The number of Topliss-reactive ketones (excluding diaryl/α,β-unsaturated/α-hetero) is 1. The van der Waals surface area contributed by atoms with E-state index in [0.29, 0.717) is 25.1 Å². The van der Waals surface area contributed by atoms with Gasteiger partial charge in [0.1, 0.15) is 5.60 Å². The summed E-state index contributed by atoms with van der Waals surface area (Å²) >= 11 is 0. The first kappa shape index (κ1) is 36.6. The van der Waals surface area contributed by atoms with E-state index in [4.69, 9.17) is 9.16 Å². The van der Waals surface area contributed by atoms with Crippen LogP contribution in [0.3, 0.4) is 0 Å². The normalized spacial score (nSPS) is 17.1. The van der Waals surface area contributed by atoms with Crippen molar-refractivity contribution in [3.63, 3.8) is 0 Å². The van der Waals surface area contributed by atoms with Gasteiger partial charge in [-0.25, -0.2) is 4.79 Å². The van der Waals surface area contributed by atoms with E-state index in [1.807, 2.05) is 45.0 Å². The summed E-state index contributed by atoms with van der Waals surface area (Å²) in [5.41, 5.74) is 1.24. The first-order valence-corrected chi connectivity index (χ1v) is 19.6. The van der Waals surface area contributed by atoms with Gasteiger partial charge in [-0.05, 0) is 61.0 Å². The predicted octanol–water partition coefficient (Wildman–Crippen LogP) is 8.97. The van der Waals surface area contributed by atoms with Gasteiger partial charge in [-0.1, -0.05) is 145 Å². The molecule has 3 aromatic carbocycles. The fourth-order valence-electron chi connectivity index (χ4n) is 6.96. The van der Waals surface area contributed by atoms with Crippen molar-refractivity contribution in [1.29, 1.82) is 0 Å². The highest BCUT2D eigenvalue weighted by Crippen LogP contribution is 2.38. The number of hydrogen-bond acceptors (Lipinski definition) is 4. The number of benzene rings is 3. The average Bonchev–Trinajstić information content (AvgIpc) is 3.47. The number of likely N-dealkylation sites (tertiary alicyclic amines) is 1. The predicted molar refractivity (Wildman–Crippen MR) is 196 cm³/mol. The van der Waals surface area contributed by atoms with Crippen LogP contribution in [-0.4, -0.2) is 49.9 Å². The number of aryl methyl sites for hydroxylation is 1. The molecule has 1 saturated heterocycles. The smallest absolute Gasteiger partial charge is 0.410 e. The highest BCUT2D eigenvalue weighted by Gasteiger charge is 2.51. The number of nitrogens with zero attached hydrogens (tertiary/aromatic N) is 1. The van der Waals surface area contributed by atoms with Crippen molar-refractivity contribution in [3.8, 4) is 0 Å². The number of ether oxygens (including phenoxy) is 1. The standard InChI is InChI=1S/C41H57NO4Si/c1-8-9-10-11-12-15-20-32-25-27-34(28-26-32)38(43)37-29-33(30-42(37)39(44)46-40(2,3)4)31-45-47(41(5,6)7,35-21-16-13-17-22-35)36-23-18-14-19-24-36/h13-14,16-19,21-28,33,37H,8-12,15,20,29-31H2,1-7H3/t33-,37+/m0/s1. The van der Waals surface area contributed by atoms with Gasteiger partial charge in [0.05, 0.1) is 6.04 Å². The van der Waals surface area contributed by atoms with Crippen LogP contribution >= 0.6 is 0 Å². The Morgan fingerprint density at radius 3 is 1.85 bits per heavy atom. The third-order valence-electron chi connectivity index (χ3n) is 9.33. The molecule has 0 bridgehead atoms. The summed E-state index contributed by atoms with van der Waals surface area (Å²) in [5.74, 6) is -0.0416. The maximum Gasteiger partial charge on any atom is 0.410 e. The molecule has 1 aliphatic heterocycles. The van der Waals surface area contributed by atoms with E-state index < -0.39 is 26.1 Å². The number of rotatable bonds is 14. The largest absolute Gasteiger partial charge is 0.444 e. The van der Waals surface area contributed by atoms with Crippen LogP contribution in [0.4, 0.5) is 4.79 Å². The molecular weight excluding hydrogens is 599 g/mol. The van der Waals surface area contributed by atoms with Gasteiger partial charge < -0.3 is 9.16 Å². The minimum atomic E-state index is -2.76. The summed E-state index contributed by atoms with van der Waals surface area (Å²) < 4.78 is 13.1. The molecule has 5 nitrogen and oxygen atoms in total. The Morgan fingerprint density at radius 1 is 0.766 bits per heavy atom. The Balaban J connectivity index is 1.55. The number of ketones is 1. The summed E-state index contributed by atoms with van der Waals surface area (Å²) in [6.07, 6.45) is 8.69. The number of carbonyl (C=O) groups is 2. The van der Waals surface area contributed by atoms with Crippen LogP contribution in [0.25, 0.3) is 0 Å². The van der Waals surface area contributed by atoms with Gasteiger partial charge in [-0.3, -0.25) is 9.69 Å². The van der Waals surface area contributed by atoms with Gasteiger partial charge in [-0.15, -0.1) is 0 Å². The van der Waals surface area contributed by atoms with E-state index in [0.717, 1.165) is 6.42 Å². The molecule has 47 heavy (non-hydrogen) atoms. The topological polar surface area (TPSA) is 55.8 Å². The lowest BCUT2D eigenvalue weighted by atomic mass is 9.97. The molecule has 4 rings (SSSR count). The lowest BCUT2D eigenvalue weighted by Crippen LogP contribution is -2.67. The zero-order valence-electron chi connectivity index (χ0n) is 29.9. The highest BCUT2D eigenvalue weighted by atomic mass is 28.4. The van der Waals surface area contributed by atoms with Gasteiger partial charge in [0.25, 0.3) is 8.32 Å². The number of unbranched alkanes of at least 4 members (excludes halogenated alkanes) is 5. The molecule has 0 aromatic heterocycles. The Morgan fingerprint density at radius 2 is 1.32 bits per heavy atom. The lowest BCUT2D eigenvalue weighted by Gasteiger charge is -2.43. The second-order valence-electron chi connectivity index (χ2n) is 15.3. The van der Waals surface area contributed by atoms with Crippen molar-refractivity contribution >= 4 is 30.6 Å². The molecule has 1 fully saturated rings. The Kier molecular flexibility index (Phi) is 12.7. The van der Waals surface area contributed by atoms with Gasteiger partial charge in [0.2, 0.25) is 0 Å². The van der Waals surface area contributed by atoms with E-state index in [-0.39, 0.29) is 16.7 Å². The van der Waals surface area contributed by atoms with Crippen molar-refractivity contribution in [2.75, 3.05) is 13.2 Å². The monoisotopic (exact) mass is 655 g/mol. The second kappa shape index (κ2) is 16.3. The zero-order chi connectivity index (χ0) is 34.1. The fraction of sp³-hybridized carbons (Fsp3) is 0.512. The van der Waals surface area contributed by atoms with Crippen LogP contribution in [0.15, 0.2) is 84.9 Å². The Bertz CT molecular complexity index is 1370. The minimum Gasteiger partial charge on any atom is -0.444 e. The summed E-state index contributed by atoms with van der Waals surface area (Å²) in [6, 6.07) is 28.6. The molecule has 1 amide bonds. The third kappa shape index (κ3) is 9.45. The molecule has 0 saturated carbocycles. The highest BCUT2D eigenvalue weighted by molar-refractivity contribution is 6.99. The minimum absolute atomic E-state index is 0.00917. The molecule has 1 aliphatic rings. The first-order valence-electron chi connectivity index (χ1n) is 17.7. The quantitative estimate of drug-likeness (QED) is 0.0989. The van der Waals surface area contributed by atoms with Crippen molar-refractivity contribution in [3.05, 3.63) is 96.1 Å². The molecule has 2 atom stereocenters. The van der Waals surface area contributed by atoms with E-state index in [2.05, 4.69) is 88.4 Å². The molecule has 0 spiro atoms. The van der Waals surface area contributed by atoms with Gasteiger partial charge in [0.15, 0.2) is 5.78 Å². The van der Waals surface area contributed by atoms with Crippen LogP contribution in [0.1, 0.15) is 109 Å². The SMILES string of the molecule is CCCCCCCCc1ccc(C(=O)[C@H]2C[C@H](CO[Si](c3ccccc3)(c3ccccc3)C(C)(C)C)CN2C(=O)OC(C)(C)C)cc1. The van der Waals surface area contributed by atoms with Crippen LogP contribution in [0.2, 0.25) is 5.04 Å². The summed E-state index contributed by atoms with van der Waals surface area (Å²) in [6.45, 7) is 15.5. The summed E-state index contributed by atoms with van der Waals surface area (Å²) in [4.78, 5) is 29.3. The zero-order valence-corrected chi connectivity index (χ0v) is 30.9. The van der Waals surface area contributed by atoms with E-state index in [9.17, 15) is 9.59 Å². The van der Waals surface area contributed by atoms with Crippen LogP contribution in [0, 0.1) is 5.92 Å². The van der Waals surface area contributed by atoms with Gasteiger partial charge >= 0.3 is 6.09 Å². The Labute approximate surface area is 285 Å². The molecule has 1 heterocycles. The fourth-order valence-corrected chi connectivity index (χ4v) is 11.6. The number of carbonyl (C=O) groups excluding carboxylic acids is 2. The molecule has 6 heteroatoms. The number of amides is 1. The second-order valence-corrected chi connectivity index (χ2v) is 19.6. The van der Waals surface area contributed by atoms with Crippen molar-refractivity contribution in [2.45, 2.75) is 117 Å². The lowest BCUT2D eigenvalue weighted by molar-refractivity contribution is 0.0215. The maximum absolute atomic E-state index is 14.1. The molecule has 254 valence electrons. The van der Waals surface area contributed by atoms with Gasteiger partial charge in [0, 0.05) is 24.6 Å². The van der Waals surface area contributed by atoms with E-state index >= 15 is 0 Å². The van der Waals surface area contributed by atoms with Crippen molar-refractivity contribution in [2.24, 2.45) is 5.92 Å². The van der Waals surface area contributed by atoms with Crippen molar-refractivity contribution < 1.29 is 18.8 Å². The molecule has 0 unspecified atom stereocenters. The van der Waals surface area contributed by atoms with E-state index in [1.165, 1.54) is 54.5 Å². The van der Waals surface area contributed by atoms with Crippen LogP contribution in [-0.2, 0) is 15.6 Å². The summed E-state index contributed by atoms with van der Waals surface area (Å²) in [5, 5.41) is 2.27. The molecular formula is C41H57NO4Si. The van der Waals surface area contributed by atoms with E-state index in [1.54, 1.807) is 4.90 Å². The van der Waals surface area contributed by atoms with Gasteiger partial charge in [-0.2, -0.15) is 0 Å². The molecule has 0 aliphatic carbocycles.